The number of hydrogen-bond acceptors (Lipinski definition) is 6. The lowest BCUT2D eigenvalue weighted by Crippen LogP contribution is -2.39. The van der Waals surface area contributed by atoms with E-state index in [-0.39, 0.29) is 6.54 Å². The van der Waals surface area contributed by atoms with Crippen LogP contribution in [0, 0.1) is 11.3 Å². The van der Waals surface area contributed by atoms with Gasteiger partial charge in [-0.25, -0.2) is 9.97 Å². The number of carbonyl (C=O) groups is 2. The Morgan fingerprint density at radius 2 is 1.56 bits per heavy atom. The molecule has 2 aromatic carbocycles. The summed E-state index contributed by atoms with van der Waals surface area (Å²) in [4.78, 5) is 37.3. The van der Waals surface area contributed by atoms with Gasteiger partial charge in [-0.3, -0.25) is 14.5 Å². The molecule has 0 saturated heterocycles. The monoisotopic (exact) mass is 496 g/mol. The van der Waals surface area contributed by atoms with E-state index in [9.17, 15) is 14.9 Å². The quantitative estimate of drug-likeness (QED) is 0.188. The molecular weight excluding hydrogens is 476 g/mol. The predicted octanol–water partition coefficient (Wildman–Crippen LogP) is 5.26. The number of halogens is 1. The molecule has 8 heteroatoms. The first kappa shape index (κ1) is 24.6. The molecule has 0 bridgehead atoms. The summed E-state index contributed by atoms with van der Waals surface area (Å²) in [7, 11) is 0. The van der Waals surface area contributed by atoms with Gasteiger partial charge < -0.3 is 4.74 Å². The summed E-state index contributed by atoms with van der Waals surface area (Å²) in [5, 5.41) is 10.00. The number of esters is 1. The van der Waals surface area contributed by atoms with Crippen molar-refractivity contribution in [3.05, 3.63) is 125 Å². The number of rotatable bonds is 8. The van der Waals surface area contributed by atoms with Crippen molar-refractivity contribution in [1.29, 1.82) is 5.26 Å². The van der Waals surface area contributed by atoms with Gasteiger partial charge in [0.25, 0.3) is 0 Å². The Kier molecular flexibility index (Phi) is 8.01. The van der Waals surface area contributed by atoms with Crippen LogP contribution in [0.5, 0.6) is 0 Å². The van der Waals surface area contributed by atoms with Crippen LogP contribution in [0.25, 0.3) is 0 Å². The minimum Gasteiger partial charge on any atom is -0.441 e. The van der Waals surface area contributed by atoms with Crippen molar-refractivity contribution in [1.82, 2.24) is 9.97 Å². The predicted molar refractivity (Wildman–Crippen MR) is 135 cm³/mol. The van der Waals surface area contributed by atoms with Crippen LogP contribution in [-0.4, -0.2) is 21.8 Å². The molecule has 178 valence electrons. The van der Waals surface area contributed by atoms with E-state index in [1.54, 1.807) is 103 Å². The minimum atomic E-state index is -1.33. The maximum atomic E-state index is 14.0. The second-order valence-corrected chi connectivity index (χ2v) is 8.19. The number of pyridine rings is 2. The van der Waals surface area contributed by atoms with E-state index in [0.717, 1.165) is 0 Å². The lowest BCUT2D eigenvalue weighted by molar-refractivity contribution is -0.151. The van der Waals surface area contributed by atoms with Crippen molar-refractivity contribution >= 4 is 29.3 Å². The fraction of sp³-hybridized carbons (Fsp3) is 0.107. The highest BCUT2D eigenvalue weighted by atomic mass is 35.5. The van der Waals surface area contributed by atoms with Crippen LogP contribution in [0.3, 0.4) is 0 Å². The Labute approximate surface area is 213 Å². The first-order chi connectivity index (χ1) is 17.6. The normalized spacial score (nSPS) is 12.1. The molecule has 0 aliphatic rings. The van der Waals surface area contributed by atoms with E-state index in [2.05, 4.69) is 9.97 Å². The van der Waals surface area contributed by atoms with Crippen LogP contribution in [0.2, 0.25) is 5.15 Å². The lowest BCUT2D eigenvalue weighted by atomic mass is 9.97. The van der Waals surface area contributed by atoms with Crippen molar-refractivity contribution in [3.63, 3.8) is 0 Å². The van der Waals surface area contributed by atoms with Gasteiger partial charge in [-0.1, -0.05) is 84.4 Å². The number of aromatic nitrogens is 2. The first-order valence-corrected chi connectivity index (χ1v) is 11.5. The molecule has 0 radical (unpaired) electrons. The van der Waals surface area contributed by atoms with Crippen molar-refractivity contribution in [2.45, 2.75) is 18.6 Å². The number of nitrogens with zero attached hydrogens (tertiary/aromatic N) is 4. The highest BCUT2D eigenvalue weighted by Gasteiger charge is 2.36. The van der Waals surface area contributed by atoms with Gasteiger partial charge in [-0.05, 0) is 29.3 Å². The maximum absolute atomic E-state index is 14.0. The van der Waals surface area contributed by atoms with E-state index >= 15 is 0 Å². The Balaban J connectivity index is 1.71. The van der Waals surface area contributed by atoms with Crippen molar-refractivity contribution in [2.75, 3.05) is 4.90 Å². The molecule has 4 rings (SSSR count). The molecule has 1 amide bonds. The van der Waals surface area contributed by atoms with E-state index in [1.165, 1.54) is 4.90 Å². The molecule has 2 aromatic heterocycles. The maximum Gasteiger partial charge on any atom is 0.324 e. The van der Waals surface area contributed by atoms with Crippen LogP contribution in [0.1, 0.15) is 28.7 Å². The third kappa shape index (κ3) is 5.93. The van der Waals surface area contributed by atoms with Crippen LogP contribution >= 0.6 is 11.6 Å². The summed E-state index contributed by atoms with van der Waals surface area (Å²) in [5.41, 5.74) is 1.65. The number of nitriles is 1. The second-order valence-electron chi connectivity index (χ2n) is 7.80. The number of amides is 1. The van der Waals surface area contributed by atoms with Crippen molar-refractivity contribution < 1.29 is 14.3 Å². The van der Waals surface area contributed by atoms with Gasteiger partial charge in [0, 0.05) is 18.0 Å². The van der Waals surface area contributed by atoms with Crippen LogP contribution in [0.15, 0.2) is 103 Å². The van der Waals surface area contributed by atoms with Gasteiger partial charge in [-0.2, -0.15) is 5.26 Å². The Bertz CT molecular complexity index is 1340. The largest absolute Gasteiger partial charge is 0.441 e. The average Bonchev–Trinajstić information content (AvgIpc) is 2.93. The molecule has 0 N–H and O–H groups in total. The molecule has 0 aliphatic carbocycles. The highest BCUT2D eigenvalue weighted by molar-refractivity contribution is 6.29. The molecular formula is C28H21ClN4O3. The zero-order valence-corrected chi connectivity index (χ0v) is 19.8. The Morgan fingerprint density at radius 3 is 2.14 bits per heavy atom. The van der Waals surface area contributed by atoms with E-state index in [1.807, 2.05) is 6.07 Å². The molecule has 0 aliphatic heterocycles. The average molecular weight is 497 g/mol. The van der Waals surface area contributed by atoms with Crippen molar-refractivity contribution in [2.24, 2.45) is 0 Å². The zero-order chi connectivity index (χ0) is 25.3. The van der Waals surface area contributed by atoms with Gasteiger partial charge >= 0.3 is 5.97 Å². The summed E-state index contributed by atoms with van der Waals surface area (Å²) < 4.78 is 5.58. The van der Waals surface area contributed by atoms with E-state index in [0.29, 0.717) is 27.7 Å². The molecule has 0 saturated carbocycles. The van der Waals surface area contributed by atoms with Gasteiger partial charge in [0.05, 0.1) is 6.54 Å². The molecule has 2 unspecified atom stereocenters. The fourth-order valence-electron chi connectivity index (χ4n) is 3.63. The minimum absolute atomic E-state index is 0.0942. The van der Waals surface area contributed by atoms with Crippen LogP contribution in [0.4, 0.5) is 5.82 Å². The Hall–Kier alpha value is -4.54. The molecule has 2 atom stereocenters. The molecule has 0 spiro atoms. The van der Waals surface area contributed by atoms with Gasteiger partial charge in [0.15, 0.2) is 5.92 Å². The molecule has 4 aromatic rings. The van der Waals surface area contributed by atoms with Gasteiger partial charge in [0.2, 0.25) is 12.0 Å². The summed E-state index contributed by atoms with van der Waals surface area (Å²) in [6, 6.07) is 27.8. The molecule has 0 fully saturated rings. The molecule has 36 heavy (non-hydrogen) atoms. The number of ether oxygens (including phenoxy) is 1. The smallest absolute Gasteiger partial charge is 0.324 e. The SMILES string of the molecule is N#CC(OC(=O)C(C(=O)N(Cc1ccc(Cl)nc1)c1ccccn1)c1ccccc1)c1ccccc1. The molecule has 7 nitrogen and oxygen atoms in total. The fourth-order valence-corrected chi connectivity index (χ4v) is 3.74. The topological polar surface area (TPSA) is 96.2 Å². The van der Waals surface area contributed by atoms with Gasteiger partial charge in [-0.15, -0.1) is 0 Å². The lowest BCUT2D eigenvalue weighted by Gasteiger charge is -2.26. The third-order valence-corrected chi connectivity index (χ3v) is 5.61. The number of hydrogen-bond donors (Lipinski definition) is 0. The van der Waals surface area contributed by atoms with E-state index in [4.69, 9.17) is 16.3 Å². The van der Waals surface area contributed by atoms with Crippen LogP contribution < -0.4 is 4.90 Å². The summed E-state index contributed by atoms with van der Waals surface area (Å²) in [5.74, 6) is -2.36. The second kappa shape index (κ2) is 11.7. The number of carbonyl (C=O) groups excluding carboxylic acids is 2. The standard InChI is InChI=1S/C28H21ClN4O3/c29-24-15-14-20(18-32-24)19-33(25-13-7-8-16-31-25)27(34)26(22-11-5-2-6-12-22)28(35)36-23(17-30)21-9-3-1-4-10-21/h1-16,18,23,26H,19H2. The highest BCUT2D eigenvalue weighted by Crippen LogP contribution is 2.28. The van der Waals surface area contributed by atoms with E-state index < -0.39 is 23.9 Å². The summed E-state index contributed by atoms with van der Waals surface area (Å²) in [6.45, 7) is 0.0942. The Morgan fingerprint density at radius 1 is 0.889 bits per heavy atom. The van der Waals surface area contributed by atoms with Crippen LogP contribution in [-0.2, 0) is 20.9 Å². The molecule has 2 heterocycles. The summed E-state index contributed by atoms with van der Waals surface area (Å²) in [6.07, 6.45) is 1.95. The number of benzene rings is 2. The van der Waals surface area contributed by atoms with Crippen molar-refractivity contribution in [3.8, 4) is 6.07 Å². The zero-order valence-electron chi connectivity index (χ0n) is 19.1. The van der Waals surface area contributed by atoms with Gasteiger partial charge in [0.1, 0.15) is 17.0 Å². The number of anilines is 1. The third-order valence-electron chi connectivity index (χ3n) is 5.39. The first-order valence-electron chi connectivity index (χ1n) is 11.1. The summed E-state index contributed by atoms with van der Waals surface area (Å²) >= 11 is 5.92.